The fraction of sp³-hybridized carbons (Fsp3) is 0.118. The van der Waals surface area contributed by atoms with Crippen LogP contribution >= 0.6 is 0 Å². The number of aryl methyl sites for hydroxylation is 1. The first kappa shape index (κ1) is 11.6. The van der Waals surface area contributed by atoms with Crippen molar-refractivity contribution < 1.29 is 0 Å². The van der Waals surface area contributed by atoms with Crippen LogP contribution < -0.4 is 0 Å². The molecule has 1 aromatic carbocycles. The molecular weight excluding hydrogens is 232 g/mol. The van der Waals surface area contributed by atoms with Crippen LogP contribution in [0.25, 0.3) is 5.69 Å². The fourth-order valence-corrected chi connectivity index (χ4v) is 2.09. The Hall–Kier alpha value is -2.44. The van der Waals surface area contributed by atoms with Gasteiger partial charge in [-0.05, 0) is 24.1 Å². The molecule has 0 unspecified atom stereocenters. The zero-order valence-corrected chi connectivity index (χ0v) is 10.7. The van der Waals surface area contributed by atoms with Gasteiger partial charge >= 0.3 is 0 Å². The Kier molecular flexibility index (Phi) is 3.35. The number of nitrogens with zero attached hydrogens (tertiary/aromatic N) is 2. The molecule has 0 amide bonds. The normalized spacial score (nSPS) is 13.2. The maximum absolute atomic E-state index is 4.41. The lowest BCUT2D eigenvalue weighted by Crippen LogP contribution is -1.93. The third-order valence-corrected chi connectivity index (χ3v) is 3.15. The van der Waals surface area contributed by atoms with E-state index in [4.69, 9.17) is 0 Å². The third-order valence-electron chi connectivity index (χ3n) is 3.15. The van der Waals surface area contributed by atoms with Crippen LogP contribution in [0.3, 0.4) is 0 Å². The highest BCUT2D eigenvalue weighted by Gasteiger charge is 2.05. The van der Waals surface area contributed by atoms with Crippen LogP contribution in [0.5, 0.6) is 0 Å². The van der Waals surface area contributed by atoms with Crippen molar-refractivity contribution in [3.8, 4) is 5.69 Å². The first-order chi connectivity index (χ1) is 9.42. The number of rotatable bonds is 4. The van der Waals surface area contributed by atoms with Gasteiger partial charge in [0.25, 0.3) is 0 Å². The number of hydrogen-bond acceptors (Lipinski definition) is 1. The molecule has 1 aromatic heterocycles. The molecule has 2 heteroatoms. The second kappa shape index (κ2) is 5.47. The largest absolute Gasteiger partial charge is 0.241 e. The summed E-state index contributed by atoms with van der Waals surface area (Å²) < 4.78 is 1.92. The van der Waals surface area contributed by atoms with Gasteiger partial charge in [0, 0.05) is 18.7 Å². The highest BCUT2D eigenvalue weighted by Crippen LogP contribution is 2.14. The molecule has 1 heterocycles. The average Bonchev–Trinajstić information content (AvgIpc) is 2.96. The number of benzene rings is 1. The fourth-order valence-electron chi connectivity index (χ4n) is 2.09. The Balaban J connectivity index is 1.67. The van der Waals surface area contributed by atoms with Gasteiger partial charge in [-0.3, -0.25) is 0 Å². The van der Waals surface area contributed by atoms with E-state index in [0.717, 1.165) is 18.5 Å². The minimum absolute atomic E-state index is 1.01. The summed E-state index contributed by atoms with van der Waals surface area (Å²) in [5, 5.41) is 4.41. The quantitative estimate of drug-likeness (QED) is 0.754. The minimum atomic E-state index is 1.01. The van der Waals surface area contributed by atoms with E-state index in [1.165, 1.54) is 11.1 Å². The van der Waals surface area contributed by atoms with Crippen molar-refractivity contribution in [1.29, 1.82) is 0 Å². The molecule has 0 radical (unpaired) electrons. The Bertz CT molecular complexity index is 630. The standard InChI is InChI=1S/C17H15N2/c1-3-7-15(8-4-1)11-12-16-13-18-19(14-16)17-9-5-2-6-10-17/h2-10,13-14H,11-12H2/q+1. The first-order valence-electron chi connectivity index (χ1n) is 6.46. The van der Waals surface area contributed by atoms with E-state index in [0.29, 0.717) is 0 Å². The Labute approximate surface area is 113 Å². The second-order valence-corrected chi connectivity index (χ2v) is 4.54. The molecule has 1 aliphatic rings. The molecule has 0 atom stereocenters. The van der Waals surface area contributed by atoms with E-state index in [1.54, 1.807) is 0 Å². The van der Waals surface area contributed by atoms with Gasteiger partial charge in [-0.1, -0.05) is 18.2 Å². The molecule has 0 saturated carbocycles. The zero-order chi connectivity index (χ0) is 12.9. The van der Waals surface area contributed by atoms with Crippen molar-refractivity contribution in [2.75, 3.05) is 0 Å². The first-order valence-corrected chi connectivity index (χ1v) is 6.46. The highest BCUT2D eigenvalue weighted by atomic mass is 15.3. The van der Waals surface area contributed by atoms with Crippen molar-refractivity contribution in [3.63, 3.8) is 0 Å². The molecule has 2 nitrogen and oxygen atoms in total. The molecule has 0 bridgehead atoms. The van der Waals surface area contributed by atoms with Crippen molar-refractivity contribution in [2.45, 2.75) is 12.8 Å². The molecule has 0 saturated heterocycles. The summed E-state index contributed by atoms with van der Waals surface area (Å²) in [6.07, 6.45) is 17.3. The summed E-state index contributed by atoms with van der Waals surface area (Å²) in [6, 6.07) is 10.2. The van der Waals surface area contributed by atoms with Crippen molar-refractivity contribution in [2.24, 2.45) is 0 Å². The van der Waals surface area contributed by atoms with E-state index < -0.39 is 0 Å². The lowest BCUT2D eigenvalue weighted by Gasteiger charge is -1.99. The molecule has 3 rings (SSSR count). The molecule has 1 aliphatic carbocycles. The van der Waals surface area contributed by atoms with Gasteiger partial charge in [0.05, 0.1) is 29.6 Å². The minimum Gasteiger partial charge on any atom is -0.241 e. The van der Waals surface area contributed by atoms with Crippen LogP contribution in [0.2, 0.25) is 0 Å². The van der Waals surface area contributed by atoms with Gasteiger partial charge < -0.3 is 0 Å². The molecule has 19 heavy (non-hydrogen) atoms. The predicted molar refractivity (Wildman–Crippen MR) is 76.9 cm³/mol. The van der Waals surface area contributed by atoms with Crippen molar-refractivity contribution in [3.05, 3.63) is 84.2 Å². The summed E-state index contributed by atoms with van der Waals surface area (Å²) in [5.74, 6) is 0. The maximum Gasteiger partial charge on any atom is 0.103 e. The van der Waals surface area contributed by atoms with Gasteiger partial charge in [0.2, 0.25) is 0 Å². The lowest BCUT2D eigenvalue weighted by molar-refractivity contribution is 0.879. The molecule has 0 N–H and O–H groups in total. The number of aromatic nitrogens is 2. The van der Waals surface area contributed by atoms with Gasteiger partial charge in [0.1, 0.15) is 12.2 Å². The molecule has 2 aromatic rings. The molecule has 0 fully saturated rings. The van der Waals surface area contributed by atoms with E-state index in [9.17, 15) is 0 Å². The summed E-state index contributed by atoms with van der Waals surface area (Å²) in [7, 11) is 0. The molecule has 92 valence electrons. The maximum atomic E-state index is 4.41. The van der Waals surface area contributed by atoms with Gasteiger partial charge in [0.15, 0.2) is 0 Å². The van der Waals surface area contributed by atoms with Gasteiger partial charge in [-0.25, -0.2) is 4.68 Å². The lowest BCUT2D eigenvalue weighted by atomic mass is 10.0. The topological polar surface area (TPSA) is 17.8 Å². The van der Waals surface area contributed by atoms with E-state index in [1.807, 2.05) is 41.2 Å². The summed E-state index contributed by atoms with van der Waals surface area (Å²) in [5.41, 5.74) is 3.70. The molecule has 0 spiro atoms. The van der Waals surface area contributed by atoms with Gasteiger partial charge in [-0.2, -0.15) is 5.10 Å². The summed E-state index contributed by atoms with van der Waals surface area (Å²) in [4.78, 5) is 0. The predicted octanol–water partition coefficient (Wildman–Crippen LogP) is 3.66. The SMILES string of the molecule is [C+]1=CC=C(CCc2cnn(-c3ccccc3)c2)C=C1. The van der Waals surface area contributed by atoms with Crippen LogP contribution in [-0.4, -0.2) is 9.78 Å². The monoisotopic (exact) mass is 247 g/mol. The van der Waals surface area contributed by atoms with Crippen LogP contribution in [0.15, 0.2) is 72.6 Å². The van der Waals surface area contributed by atoms with Crippen LogP contribution in [0.1, 0.15) is 12.0 Å². The van der Waals surface area contributed by atoms with Crippen molar-refractivity contribution >= 4 is 0 Å². The molecular formula is C17H15N2+. The smallest absolute Gasteiger partial charge is 0.103 e. The van der Waals surface area contributed by atoms with E-state index >= 15 is 0 Å². The van der Waals surface area contributed by atoms with Gasteiger partial charge in [-0.15, -0.1) is 0 Å². The second-order valence-electron chi connectivity index (χ2n) is 4.54. The molecule has 0 aliphatic heterocycles. The van der Waals surface area contributed by atoms with Crippen LogP contribution in [-0.2, 0) is 6.42 Å². The number of allylic oxidation sites excluding steroid dienone is 6. The Morgan fingerprint density at radius 1 is 1.11 bits per heavy atom. The van der Waals surface area contributed by atoms with Crippen molar-refractivity contribution in [1.82, 2.24) is 9.78 Å². The Morgan fingerprint density at radius 2 is 2.00 bits per heavy atom. The third kappa shape index (κ3) is 2.87. The van der Waals surface area contributed by atoms with E-state index in [2.05, 4.69) is 41.7 Å². The summed E-state index contributed by atoms with van der Waals surface area (Å²) in [6.45, 7) is 0. The van der Waals surface area contributed by atoms with Crippen LogP contribution in [0, 0.1) is 6.08 Å². The number of hydrogen-bond donors (Lipinski definition) is 0. The van der Waals surface area contributed by atoms with E-state index in [-0.39, 0.29) is 0 Å². The summed E-state index contributed by atoms with van der Waals surface area (Å²) >= 11 is 0. The average molecular weight is 247 g/mol. The van der Waals surface area contributed by atoms with Crippen LogP contribution in [0.4, 0.5) is 0 Å². The number of para-hydroxylation sites is 1. The zero-order valence-electron chi connectivity index (χ0n) is 10.7. The Morgan fingerprint density at radius 3 is 2.79 bits per heavy atom. The highest BCUT2D eigenvalue weighted by molar-refractivity contribution is 5.32.